The minimum absolute atomic E-state index is 0.180. The number of aromatic nitrogens is 4. The second-order valence-corrected chi connectivity index (χ2v) is 4.16. The van der Waals surface area contributed by atoms with Crippen molar-refractivity contribution in [3.8, 4) is 11.5 Å². The lowest BCUT2D eigenvalue weighted by atomic mass is 10.1. The van der Waals surface area contributed by atoms with Gasteiger partial charge in [-0.2, -0.15) is 5.10 Å². The fourth-order valence-electron chi connectivity index (χ4n) is 1.57. The van der Waals surface area contributed by atoms with Gasteiger partial charge in [0.1, 0.15) is 5.69 Å². The number of hydrogen-bond acceptors (Lipinski definition) is 4. The molecular weight excluding hydrogens is 214 g/mol. The normalized spacial score (nSPS) is 12.6. The van der Waals surface area contributed by atoms with Gasteiger partial charge >= 0.3 is 0 Å². The van der Waals surface area contributed by atoms with Gasteiger partial charge in [-0.1, -0.05) is 6.92 Å². The maximum atomic E-state index is 5.89. The van der Waals surface area contributed by atoms with Crippen molar-refractivity contribution in [2.45, 2.75) is 25.8 Å². The summed E-state index contributed by atoms with van der Waals surface area (Å²) in [6.45, 7) is 2.08. The molecule has 2 aromatic heterocycles. The molecule has 2 aromatic rings. The highest BCUT2D eigenvalue weighted by atomic mass is 15.3. The zero-order valence-corrected chi connectivity index (χ0v) is 10.2. The Balaban J connectivity index is 2.13. The van der Waals surface area contributed by atoms with E-state index in [1.165, 1.54) is 0 Å². The average Bonchev–Trinajstić information content (AvgIpc) is 2.77. The van der Waals surface area contributed by atoms with E-state index >= 15 is 0 Å². The van der Waals surface area contributed by atoms with Gasteiger partial charge in [-0.15, -0.1) is 0 Å². The Morgan fingerprint density at radius 3 is 2.59 bits per heavy atom. The number of aryl methyl sites for hydroxylation is 1. The van der Waals surface area contributed by atoms with Crippen molar-refractivity contribution < 1.29 is 0 Å². The Kier molecular flexibility index (Phi) is 3.49. The molecule has 0 radical (unpaired) electrons. The van der Waals surface area contributed by atoms with Gasteiger partial charge in [0, 0.05) is 31.7 Å². The SMILES string of the molecule is CCC(N)Cc1cnc(-c2ccn(C)n2)nc1. The van der Waals surface area contributed by atoms with Gasteiger partial charge in [0.25, 0.3) is 0 Å². The van der Waals surface area contributed by atoms with E-state index in [9.17, 15) is 0 Å². The van der Waals surface area contributed by atoms with Crippen LogP contribution in [0.1, 0.15) is 18.9 Å². The van der Waals surface area contributed by atoms with E-state index in [4.69, 9.17) is 5.73 Å². The molecule has 2 N–H and O–H groups in total. The highest BCUT2D eigenvalue weighted by molar-refractivity contribution is 5.47. The molecule has 1 unspecified atom stereocenters. The zero-order chi connectivity index (χ0) is 12.3. The first-order chi connectivity index (χ1) is 8.19. The van der Waals surface area contributed by atoms with Crippen LogP contribution >= 0.6 is 0 Å². The van der Waals surface area contributed by atoms with E-state index in [1.54, 1.807) is 4.68 Å². The highest BCUT2D eigenvalue weighted by Crippen LogP contribution is 2.11. The lowest BCUT2D eigenvalue weighted by Crippen LogP contribution is -2.21. The van der Waals surface area contributed by atoms with Crippen molar-refractivity contribution >= 4 is 0 Å². The second-order valence-electron chi connectivity index (χ2n) is 4.16. The average molecular weight is 231 g/mol. The molecule has 5 nitrogen and oxygen atoms in total. The summed E-state index contributed by atoms with van der Waals surface area (Å²) in [4.78, 5) is 8.61. The molecule has 0 bridgehead atoms. The van der Waals surface area contributed by atoms with Crippen LogP contribution in [-0.2, 0) is 13.5 Å². The molecule has 5 heteroatoms. The largest absolute Gasteiger partial charge is 0.327 e. The van der Waals surface area contributed by atoms with Gasteiger partial charge in [0.2, 0.25) is 0 Å². The Morgan fingerprint density at radius 1 is 1.35 bits per heavy atom. The molecule has 0 spiro atoms. The van der Waals surface area contributed by atoms with Crippen LogP contribution in [0.5, 0.6) is 0 Å². The zero-order valence-electron chi connectivity index (χ0n) is 10.2. The third-order valence-electron chi connectivity index (χ3n) is 2.67. The minimum atomic E-state index is 0.180. The molecule has 0 fully saturated rings. The smallest absolute Gasteiger partial charge is 0.180 e. The van der Waals surface area contributed by atoms with Crippen LogP contribution < -0.4 is 5.73 Å². The predicted molar refractivity (Wildman–Crippen MR) is 66.2 cm³/mol. The molecule has 2 heterocycles. The lowest BCUT2D eigenvalue weighted by molar-refractivity contribution is 0.643. The van der Waals surface area contributed by atoms with Gasteiger partial charge in [-0.25, -0.2) is 9.97 Å². The standard InChI is InChI=1S/C12H17N5/c1-3-10(13)6-9-7-14-12(15-8-9)11-4-5-17(2)16-11/h4-5,7-8,10H,3,6,13H2,1-2H3. The van der Waals surface area contributed by atoms with Crippen LogP contribution in [0.2, 0.25) is 0 Å². The Labute approximate surface area is 101 Å². The molecule has 0 aliphatic rings. The molecule has 90 valence electrons. The summed E-state index contributed by atoms with van der Waals surface area (Å²) in [6, 6.07) is 2.08. The van der Waals surface area contributed by atoms with E-state index < -0.39 is 0 Å². The van der Waals surface area contributed by atoms with E-state index in [2.05, 4.69) is 22.0 Å². The predicted octanol–water partition coefficient (Wildman–Crippen LogP) is 1.16. The van der Waals surface area contributed by atoms with Gasteiger partial charge in [-0.05, 0) is 24.5 Å². The van der Waals surface area contributed by atoms with Crippen molar-refractivity contribution in [3.05, 3.63) is 30.2 Å². The van der Waals surface area contributed by atoms with Crippen LogP contribution in [0.3, 0.4) is 0 Å². The number of rotatable bonds is 4. The monoisotopic (exact) mass is 231 g/mol. The number of nitrogens with zero attached hydrogens (tertiary/aromatic N) is 4. The van der Waals surface area contributed by atoms with E-state index in [0.717, 1.165) is 24.1 Å². The summed E-state index contributed by atoms with van der Waals surface area (Å²) >= 11 is 0. The van der Waals surface area contributed by atoms with Crippen LogP contribution in [0, 0.1) is 0 Å². The third kappa shape index (κ3) is 2.88. The van der Waals surface area contributed by atoms with E-state index in [0.29, 0.717) is 5.82 Å². The number of nitrogens with two attached hydrogens (primary N) is 1. The summed E-state index contributed by atoms with van der Waals surface area (Å²) < 4.78 is 1.74. The summed E-state index contributed by atoms with van der Waals surface area (Å²) in [5, 5.41) is 4.25. The maximum absolute atomic E-state index is 5.89. The molecule has 1 atom stereocenters. The van der Waals surface area contributed by atoms with Crippen molar-refractivity contribution in [2.75, 3.05) is 0 Å². The van der Waals surface area contributed by atoms with Crippen LogP contribution in [-0.4, -0.2) is 25.8 Å². The molecule has 0 aliphatic carbocycles. The Morgan fingerprint density at radius 2 is 2.06 bits per heavy atom. The fourth-order valence-corrected chi connectivity index (χ4v) is 1.57. The topological polar surface area (TPSA) is 69.6 Å². The Hall–Kier alpha value is -1.75. The first-order valence-electron chi connectivity index (χ1n) is 5.75. The highest BCUT2D eigenvalue weighted by Gasteiger charge is 2.06. The maximum Gasteiger partial charge on any atom is 0.180 e. The molecule has 0 aliphatic heterocycles. The summed E-state index contributed by atoms with van der Waals surface area (Å²) in [5.74, 6) is 0.652. The van der Waals surface area contributed by atoms with Crippen molar-refractivity contribution in [1.82, 2.24) is 19.7 Å². The van der Waals surface area contributed by atoms with Crippen molar-refractivity contribution in [1.29, 1.82) is 0 Å². The van der Waals surface area contributed by atoms with Crippen LogP contribution in [0.4, 0.5) is 0 Å². The van der Waals surface area contributed by atoms with Crippen LogP contribution in [0.25, 0.3) is 11.5 Å². The van der Waals surface area contributed by atoms with Gasteiger partial charge < -0.3 is 5.73 Å². The molecule has 0 aromatic carbocycles. The molecule has 2 rings (SSSR count). The molecule has 17 heavy (non-hydrogen) atoms. The molecular formula is C12H17N5. The fraction of sp³-hybridized carbons (Fsp3) is 0.417. The van der Waals surface area contributed by atoms with E-state index in [1.807, 2.05) is 31.7 Å². The summed E-state index contributed by atoms with van der Waals surface area (Å²) in [7, 11) is 1.87. The third-order valence-corrected chi connectivity index (χ3v) is 2.67. The quantitative estimate of drug-likeness (QED) is 0.857. The first-order valence-corrected chi connectivity index (χ1v) is 5.75. The van der Waals surface area contributed by atoms with Gasteiger partial charge in [-0.3, -0.25) is 4.68 Å². The van der Waals surface area contributed by atoms with Crippen molar-refractivity contribution in [3.63, 3.8) is 0 Å². The molecule has 0 saturated heterocycles. The Bertz CT molecular complexity index is 474. The molecule has 0 saturated carbocycles. The van der Waals surface area contributed by atoms with Crippen molar-refractivity contribution in [2.24, 2.45) is 12.8 Å². The number of hydrogen-bond donors (Lipinski definition) is 1. The molecule has 0 amide bonds. The summed E-state index contributed by atoms with van der Waals surface area (Å²) in [6.07, 6.45) is 7.31. The van der Waals surface area contributed by atoms with E-state index in [-0.39, 0.29) is 6.04 Å². The lowest BCUT2D eigenvalue weighted by Gasteiger charge is -2.07. The van der Waals surface area contributed by atoms with Gasteiger partial charge in [0.15, 0.2) is 5.82 Å². The second kappa shape index (κ2) is 5.05. The van der Waals surface area contributed by atoms with Gasteiger partial charge in [0.05, 0.1) is 0 Å². The summed E-state index contributed by atoms with van der Waals surface area (Å²) in [5.41, 5.74) is 7.75. The van der Waals surface area contributed by atoms with Crippen LogP contribution in [0.15, 0.2) is 24.7 Å². The minimum Gasteiger partial charge on any atom is -0.327 e. The first kappa shape index (κ1) is 11.7.